The number of amides is 1. The lowest BCUT2D eigenvalue weighted by Gasteiger charge is -2.38. The third-order valence-electron chi connectivity index (χ3n) is 5.39. The van der Waals surface area contributed by atoms with Crippen LogP contribution in [-0.2, 0) is 15.1 Å². The Morgan fingerprint density at radius 3 is 2.60 bits per heavy atom. The average Bonchev–Trinajstić information content (AvgIpc) is 3.11. The quantitative estimate of drug-likeness (QED) is 0.867. The van der Waals surface area contributed by atoms with Gasteiger partial charge in [-0.05, 0) is 44.0 Å². The van der Waals surface area contributed by atoms with E-state index in [1.54, 1.807) is 7.11 Å². The molecule has 0 bridgehead atoms. The zero-order valence-electron chi connectivity index (χ0n) is 15.1. The molecule has 2 saturated heterocycles. The van der Waals surface area contributed by atoms with E-state index in [1.165, 1.54) is 0 Å². The molecule has 3 rings (SSSR count). The summed E-state index contributed by atoms with van der Waals surface area (Å²) >= 11 is 0. The van der Waals surface area contributed by atoms with Gasteiger partial charge in [-0.1, -0.05) is 12.1 Å². The molecule has 138 valence electrons. The van der Waals surface area contributed by atoms with Crippen molar-refractivity contribution in [1.29, 1.82) is 0 Å². The number of morpholine rings is 1. The molecule has 25 heavy (non-hydrogen) atoms. The predicted octanol–water partition coefficient (Wildman–Crippen LogP) is 1.23. The molecule has 2 atom stereocenters. The van der Waals surface area contributed by atoms with Crippen LogP contribution in [0, 0.1) is 0 Å². The van der Waals surface area contributed by atoms with Crippen molar-refractivity contribution < 1.29 is 19.4 Å². The molecule has 0 aromatic heterocycles. The summed E-state index contributed by atoms with van der Waals surface area (Å²) in [7, 11) is 1.63. The van der Waals surface area contributed by atoms with E-state index in [4.69, 9.17) is 9.47 Å². The molecule has 0 radical (unpaired) electrons. The second-order valence-electron chi connectivity index (χ2n) is 7.00. The molecular formula is C19H28N2O4. The van der Waals surface area contributed by atoms with Gasteiger partial charge in [-0.2, -0.15) is 0 Å². The summed E-state index contributed by atoms with van der Waals surface area (Å²) in [5.74, 6) is 0.894. The standard InChI is InChI=1S/C19H28N2O4/c1-19(23,15-5-7-16(24-2)8-6-15)17-4-3-9-21(17)14-18(22)20-10-12-25-13-11-20/h5-8,17,23H,3-4,9-14H2,1-2H3/t17-,19-/m0/s1. The average molecular weight is 348 g/mol. The number of benzene rings is 1. The molecule has 6 nitrogen and oxygen atoms in total. The zero-order valence-corrected chi connectivity index (χ0v) is 15.1. The number of hydrogen-bond acceptors (Lipinski definition) is 5. The number of rotatable bonds is 5. The number of carbonyl (C=O) groups is 1. The number of ether oxygens (including phenoxy) is 2. The van der Waals surface area contributed by atoms with Gasteiger partial charge in [0, 0.05) is 19.1 Å². The third kappa shape index (κ3) is 3.97. The second-order valence-corrected chi connectivity index (χ2v) is 7.00. The van der Waals surface area contributed by atoms with Crippen LogP contribution in [0.3, 0.4) is 0 Å². The fourth-order valence-corrected chi connectivity index (χ4v) is 3.86. The molecule has 1 N–H and O–H groups in total. The smallest absolute Gasteiger partial charge is 0.236 e. The van der Waals surface area contributed by atoms with Gasteiger partial charge in [-0.3, -0.25) is 9.69 Å². The SMILES string of the molecule is COc1ccc([C@](C)(O)[C@@H]2CCCN2CC(=O)N2CCOCC2)cc1. The molecule has 2 fully saturated rings. The molecule has 1 aromatic rings. The summed E-state index contributed by atoms with van der Waals surface area (Å²) in [6.07, 6.45) is 1.88. The van der Waals surface area contributed by atoms with E-state index in [9.17, 15) is 9.90 Å². The Kier molecular flexibility index (Phi) is 5.61. The summed E-state index contributed by atoms with van der Waals surface area (Å²) < 4.78 is 10.5. The highest BCUT2D eigenvalue weighted by Gasteiger charge is 2.41. The van der Waals surface area contributed by atoms with Crippen LogP contribution in [0.15, 0.2) is 24.3 Å². The van der Waals surface area contributed by atoms with Crippen LogP contribution >= 0.6 is 0 Å². The van der Waals surface area contributed by atoms with E-state index in [0.717, 1.165) is 30.7 Å². The summed E-state index contributed by atoms with van der Waals surface area (Å²) in [5.41, 5.74) is -0.155. The van der Waals surface area contributed by atoms with Gasteiger partial charge in [0.25, 0.3) is 0 Å². The first-order valence-electron chi connectivity index (χ1n) is 8.99. The van der Waals surface area contributed by atoms with E-state index in [1.807, 2.05) is 36.1 Å². The summed E-state index contributed by atoms with van der Waals surface area (Å²) in [6, 6.07) is 7.47. The zero-order chi connectivity index (χ0) is 17.9. The Balaban J connectivity index is 1.69. The van der Waals surface area contributed by atoms with Gasteiger partial charge < -0.3 is 19.5 Å². The van der Waals surface area contributed by atoms with Crippen LogP contribution in [0.2, 0.25) is 0 Å². The van der Waals surface area contributed by atoms with Crippen LogP contribution in [0.25, 0.3) is 0 Å². The van der Waals surface area contributed by atoms with Gasteiger partial charge in [-0.15, -0.1) is 0 Å². The van der Waals surface area contributed by atoms with E-state index in [0.29, 0.717) is 32.8 Å². The lowest BCUT2D eigenvalue weighted by atomic mass is 9.86. The first-order chi connectivity index (χ1) is 12.0. The molecule has 0 aliphatic carbocycles. The highest BCUT2D eigenvalue weighted by atomic mass is 16.5. The minimum absolute atomic E-state index is 0.0640. The molecule has 1 aromatic carbocycles. The number of hydrogen-bond donors (Lipinski definition) is 1. The first-order valence-corrected chi connectivity index (χ1v) is 8.99. The number of methoxy groups -OCH3 is 1. The van der Waals surface area contributed by atoms with E-state index >= 15 is 0 Å². The maximum Gasteiger partial charge on any atom is 0.236 e. The molecule has 2 heterocycles. The van der Waals surface area contributed by atoms with Crippen LogP contribution < -0.4 is 4.74 Å². The summed E-state index contributed by atoms with van der Waals surface area (Å²) in [6.45, 7) is 5.58. The maximum absolute atomic E-state index is 12.6. The fourth-order valence-electron chi connectivity index (χ4n) is 3.86. The second kappa shape index (κ2) is 7.72. The maximum atomic E-state index is 12.6. The third-order valence-corrected chi connectivity index (χ3v) is 5.39. The van der Waals surface area contributed by atoms with Gasteiger partial charge in [0.15, 0.2) is 0 Å². The number of nitrogens with zero attached hydrogens (tertiary/aromatic N) is 2. The Hall–Kier alpha value is -1.63. The number of carbonyl (C=O) groups excluding carboxylic acids is 1. The van der Waals surface area contributed by atoms with E-state index in [-0.39, 0.29) is 11.9 Å². The monoisotopic (exact) mass is 348 g/mol. The van der Waals surface area contributed by atoms with Crippen molar-refractivity contribution in [2.75, 3.05) is 46.5 Å². The highest BCUT2D eigenvalue weighted by Crippen LogP contribution is 2.35. The molecule has 6 heteroatoms. The molecule has 2 aliphatic rings. The van der Waals surface area contributed by atoms with Crippen molar-refractivity contribution in [1.82, 2.24) is 9.80 Å². The highest BCUT2D eigenvalue weighted by molar-refractivity contribution is 5.78. The van der Waals surface area contributed by atoms with Crippen molar-refractivity contribution in [2.24, 2.45) is 0 Å². The van der Waals surface area contributed by atoms with Gasteiger partial charge in [-0.25, -0.2) is 0 Å². The largest absolute Gasteiger partial charge is 0.497 e. The van der Waals surface area contributed by atoms with Gasteiger partial charge in [0.2, 0.25) is 5.91 Å². The van der Waals surface area contributed by atoms with Crippen LogP contribution in [-0.4, -0.2) is 73.4 Å². The molecule has 0 spiro atoms. The van der Waals surface area contributed by atoms with Gasteiger partial charge in [0.05, 0.1) is 26.9 Å². The lowest BCUT2D eigenvalue weighted by molar-refractivity contribution is -0.138. The molecule has 0 saturated carbocycles. The Morgan fingerprint density at radius 2 is 1.96 bits per heavy atom. The number of aliphatic hydroxyl groups is 1. The Labute approximate surface area is 149 Å². The van der Waals surface area contributed by atoms with Gasteiger partial charge >= 0.3 is 0 Å². The topological polar surface area (TPSA) is 62.2 Å². The van der Waals surface area contributed by atoms with Crippen molar-refractivity contribution in [2.45, 2.75) is 31.4 Å². The summed E-state index contributed by atoms with van der Waals surface area (Å²) in [4.78, 5) is 16.6. The van der Waals surface area contributed by atoms with Crippen molar-refractivity contribution in [3.05, 3.63) is 29.8 Å². The van der Waals surface area contributed by atoms with Crippen LogP contribution in [0.5, 0.6) is 5.75 Å². The normalized spacial score (nSPS) is 24.1. The minimum Gasteiger partial charge on any atom is -0.497 e. The Bertz CT molecular complexity index is 582. The van der Waals surface area contributed by atoms with Crippen molar-refractivity contribution in [3.63, 3.8) is 0 Å². The first kappa shape index (κ1) is 18.2. The molecule has 1 amide bonds. The summed E-state index contributed by atoms with van der Waals surface area (Å²) in [5, 5.41) is 11.2. The Morgan fingerprint density at radius 1 is 1.28 bits per heavy atom. The predicted molar refractivity (Wildman–Crippen MR) is 94.6 cm³/mol. The van der Waals surface area contributed by atoms with Crippen molar-refractivity contribution in [3.8, 4) is 5.75 Å². The van der Waals surface area contributed by atoms with E-state index < -0.39 is 5.60 Å². The molecule has 0 unspecified atom stereocenters. The lowest BCUT2D eigenvalue weighted by Crippen LogP contribution is -2.51. The minimum atomic E-state index is -1.01. The fraction of sp³-hybridized carbons (Fsp3) is 0.632. The van der Waals surface area contributed by atoms with Gasteiger partial charge in [0.1, 0.15) is 11.4 Å². The molecule has 2 aliphatic heterocycles. The molecular weight excluding hydrogens is 320 g/mol. The van der Waals surface area contributed by atoms with Crippen LogP contribution in [0.4, 0.5) is 0 Å². The van der Waals surface area contributed by atoms with Crippen LogP contribution in [0.1, 0.15) is 25.3 Å². The number of likely N-dealkylation sites (tertiary alicyclic amines) is 1. The van der Waals surface area contributed by atoms with E-state index in [2.05, 4.69) is 4.90 Å². The van der Waals surface area contributed by atoms with Crippen molar-refractivity contribution >= 4 is 5.91 Å².